The highest BCUT2D eigenvalue weighted by molar-refractivity contribution is 7.92. The lowest BCUT2D eigenvalue weighted by molar-refractivity contribution is -0.114. The van der Waals surface area contributed by atoms with E-state index in [0.29, 0.717) is 11.4 Å². The van der Waals surface area contributed by atoms with Crippen LogP contribution >= 0.6 is 0 Å². The van der Waals surface area contributed by atoms with Crippen LogP contribution in [0.5, 0.6) is 0 Å². The quantitative estimate of drug-likeness (QED) is 0.661. The number of carbonyl (C=O) groups excluding carboxylic acids is 1. The lowest BCUT2D eigenvalue weighted by atomic mass is 10.3. The van der Waals surface area contributed by atoms with Gasteiger partial charge >= 0.3 is 0 Å². The summed E-state index contributed by atoms with van der Waals surface area (Å²) in [5.74, 6) is -0.292. The molecule has 1 amide bonds. The fourth-order valence-electron chi connectivity index (χ4n) is 1.57. The number of benzene rings is 1. The minimum atomic E-state index is -3.83. The number of sulfonamides is 1. The van der Waals surface area contributed by atoms with Gasteiger partial charge in [0, 0.05) is 12.6 Å². The lowest BCUT2D eigenvalue weighted by Crippen LogP contribution is -2.14. The number of nitrogen functional groups attached to an aromatic ring is 1. The third-order valence-electron chi connectivity index (χ3n) is 2.36. The topological polar surface area (TPSA) is 130 Å². The van der Waals surface area contributed by atoms with Gasteiger partial charge in [0.25, 0.3) is 10.0 Å². The number of H-pyrrole nitrogens is 1. The molecule has 0 radical (unpaired) electrons. The fraction of sp³-hybridized carbons (Fsp3) is 0.0909. The van der Waals surface area contributed by atoms with Crippen molar-refractivity contribution in [3.05, 3.63) is 30.5 Å². The zero-order chi connectivity index (χ0) is 14.8. The number of nitrogens with one attached hydrogen (secondary N) is 3. The Morgan fingerprint density at radius 3 is 2.65 bits per heavy atom. The van der Waals surface area contributed by atoms with Gasteiger partial charge < -0.3 is 11.1 Å². The van der Waals surface area contributed by atoms with Gasteiger partial charge in [-0.1, -0.05) is 6.07 Å². The lowest BCUT2D eigenvalue weighted by Gasteiger charge is -2.09. The highest BCUT2D eigenvalue weighted by Gasteiger charge is 2.19. The number of aromatic amines is 1. The smallest absolute Gasteiger partial charge is 0.267 e. The molecule has 8 nitrogen and oxygen atoms in total. The third-order valence-corrected chi connectivity index (χ3v) is 3.77. The largest absolute Gasteiger partial charge is 0.383 e. The molecule has 0 bridgehead atoms. The summed E-state index contributed by atoms with van der Waals surface area (Å²) in [6.45, 7) is 1.36. The van der Waals surface area contributed by atoms with E-state index in [-0.39, 0.29) is 16.6 Å². The van der Waals surface area contributed by atoms with E-state index in [2.05, 4.69) is 20.2 Å². The molecule has 0 unspecified atom stereocenters. The number of anilines is 3. The average molecular weight is 295 g/mol. The molecule has 0 aliphatic heterocycles. The first-order valence-electron chi connectivity index (χ1n) is 5.58. The summed E-state index contributed by atoms with van der Waals surface area (Å²) in [5, 5.41) is 8.47. The Labute approximate surface area is 115 Å². The molecule has 0 saturated heterocycles. The number of carbonyl (C=O) groups is 1. The number of rotatable bonds is 4. The van der Waals surface area contributed by atoms with Crippen LogP contribution in [0.25, 0.3) is 0 Å². The van der Waals surface area contributed by atoms with Crippen molar-refractivity contribution in [1.82, 2.24) is 10.2 Å². The van der Waals surface area contributed by atoms with E-state index in [1.54, 1.807) is 18.2 Å². The molecule has 20 heavy (non-hydrogen) atoms. The summed E-state index contributed by atoms with van der Waals surface area (Å²) in [6, 6.07) is 6.31. The second kappa shape index (κ2) is 5.21. The Hall–Kier alpha value is -2.55. The van der Waals surface area contributed by atoms with Crippen LogP contribution in [0.2, 0.25) is 0 Å². The van der Waals surface area contributed by atoms with E-state index in [4.69, 9.17) is 5.73 Å². The molecule has 5 N–H and O–H groups in total. The molecular formula is C11H13N5O3S. The van der Waals surface area contributed by atoms with Gasteiger partial charge in [0.1, 0.15) is 10.7 Å². The maximum Gasteiger partial charge on any atom is 0.267 e. The third kappa shape index (κ3) is 3.06. The molecule has 1 aromatic heterocycles. The summed E-state index contributed by atoms with van der Waals surface area (Å²) in [4.78, 5) is 10.8. The van der Waals surface area contributed by atoms with Crippen LogP contribution in [0.15, 0.2) is 35.4 Å². The van der Waals surface area contributed by atoms with E-state index in [1.807, 2.05) is 0 Å². The Bertz CT molecular complexity index is 738. The Kier molecular flexibility index (Phi) is 3.61. The van der Waals surface area contributed by atoms with E-state index in [0.717, 1.165) is 6.20 Å². The van der Waals surface area contributed by atoms with Gasteiger partial charge in [0.2, 0.25) is 5.91 Å². The molecule has 1 heterocycles. The normalized spacial score (nSPS) is 11.1. The van der Waals surface area contributed by atoms with E-state index >= 15 is 0 Å². The summed E-state index contributed by atoms with van der Waals surface area (Å²) in [6.07, 6.45) is 1.12. The fourth-order valence-corrected chi connectivity index (χ4v) is 2.65. The van der Waals surface area contributed by atoms with Crippen LogP contribution in [0.4, 0.5) is 17.2 Å². The molecule has 2 aromatic rings. The number of nitrogens with two attached hydrogens (primary N) is 1. The molecule has 0 saturated carbocycles. The van der Waals surface area contributed by atoms with Gasteiger partial charge in [-0.15, -0.1) is 0 Å². The van der Waals surface area contributed by atoms with Crippen molar-refractivity contribution in [2.45, 2.75) is 11.8 Å². The minimum absolute atomic E-state index is 0.0458. The SMILES string of the molecule is CC(=O)Nc1cccc(NS(=O)(=O)c2cn[nH]c2N)c1. The number of nitrogens with zero attached hydrogens (tertiary/aromatic N) is 1. The van der Waals surface area contributed by atoms with E-state index in [1.165, 1.54) is 13.0 Å². The van der Waals surface area contributed by atoms with Crippen molar-refractivity contribution in [2.24, 2.45) is 0 Å². The zero-order valence-corrected chi connectivity index (χ0v) is 11.4. The molecule has 0 aliphatic carbocycles. The number of hydrogen-bond donors (Lipinski definition) is 4. The van der Waals surface area contributed by atoms with E-state index in [9.17, 15) is 13.2 Å². The zero-order valence-electron chi connectivity index (χ0n) is 10.5. The first-order chi connectivity index (χ1) is 9.38. The standard InChI is InChI=1S/C11H13N5O3S/c1-7(17)14-8-3-2-4-9(5-8)16-20(18,19)10-6-13-15-11(10)12/h2-6,16H,1H3,(H,14,17)(H3,12,13,15). The van der Waals surface area contributed by atoms with Gasteiger partial charge in [0.05, 0.1) is 11.9 Å². The molecule has 1 aromatic carbocycles. The Morgan fingerprint density at radius 1 is 1.35 bits per heavy atom. The monoisotopic (exact) mass is 295 g/mol. The Morgan fingerprint density at radius 2 is 2.05 bits per heavy atom. The van der Waals surface area contributed by atoms with Crippen molar-refractivity contribution >= 4 is 33.1 Å². The highest BCUT2D eigenvalue weighted by atomic mass is 32.2. The number of hydrogen-bond acceptors (Lipinski definition) is 5. The molecule has 0 spiro atoms. The maximum absolute atomic E-state index is 12.1. The van der Waals surface area contributed by atoms with Crippen LogP contribution in [-0.4, -0.2) is 24.5 Å². The van der Waals surface area contributed by atoms with E-state index < -0.39 is 10.0 Å². The molecule has 9 heteroatoms. The van der Waals surface area contributed by atoms with Crippen molar-refractivity contribution < 1.29 is 13.2 Å². The van der Waals surface area contributed by atoms with Crippen molar-refractivity contribution in [3.8, 4) is 0 Å². The van der Waals surface area contributed by atoms with Gasteiger partial charge in [0.15, 0.2) is 0 Å². The molecule has 0 fully saturated rings. The van der Waals surface area contributed by atoms with Crippen LogP contribution in [0.1, 0.15) is 6.92 Å². The number of amides is 1. The van der Waals surface area contributed by atoms with Gasteiger partial charge in [-0.05, 0) is 18.2 Å². The van der Waals surface area contributed by atoms with Crippen LogP contribution in [0, 0.1) is 0 Å². The Balaban J connectivity index is 2.26. The van der Waals surface area contributed by atoms with Crippen molar-refractivity contribution in [1.29, 1.82) is 0 Å². The first kappa shape index (κ1) is 13.9. The summed E-state index contributed by atoms with van der Waals surface area (Å²) in [5.41, 5.74) is 6.27. The number of aromatic nitrogens is 2. The van der Waals surface area contributed by atoms with Crippen LogP contribution in [0.3, 0.4) is 0 Å². The molecule has 0 atom stereocenters. The van der Waals surface area contributed by atoms with Crippen molar-refractivity contribution in [2.75, 3.05) is 15.8 Å². The van der Waals surface area contributed by atoms with Gasteiger partial charge in [-0.25, -0.2) is 8.42 Å². The summed E-state index contributed by atoms with van der Waals surface area (Å²) in [7, 11) is -3.83. The van der Waals surface area contributed by atoms with Crippen molar-refractivity contribution in [3.63, 3.8) is 0 Å². The molecule has 106 valence electrons. The summed E-state index contributed by atoms with van der Waals surface area (Å²) < 4.78 is 26.5. The molecule has 0 aliphatic rings. The second-order valence-corrected chi connectivity index (χ2v) is 5.67. The predicted octanol–water partition coefficient (Wildman–Crippen LogP) is 0.751. The predicted molar refractivity (Wildman–Crippen MR) is 74.6 cm³/mol. The first-order valence-corrected chi connectivity index (χ1v) is 7.06. The average Bonchev–Trinajstić information content (AvgIpc) is 2.75. The maximum atomic E-state index is 12.1. The molecule has 2 rings (SSSR count). The van der Waals surface area contributed by atoms with Crippen LogP contribution in [-0.2, 0) is 14.8 Å². The van der Waals surface area contributed by atoms with Gasteiger partial charge in [-0.2, -0.15) is 5.10 Å². The van der Waals surface area contributed by atoms with Gasteiger partial charge in [-0.3, -0.25) is 14.6 Å². The summed E-state index contributed by atoms with van der Waals surface area (Å²) >= 11 is 0. The van der Waals surface area contributed by atoms with Crippen LogP contribution < -0.4 is 15.8 Å². The molecular weight excluding hydrogens is 282 g/mol. The minimum Gasteiger partial charge on any atom is -0.383 e. The second-order valence-electron chi connectivity index (χ2n) is 4.02. The highest BCUT2D eigenvalue weighted by Crippen LogP contribution is 2.21.